The minimum Gasteiger partial charge on any atom is -0.395 e. The van der Waals surface area contributed by atoms with Crippen molar-refractivity contribution in [1.82, 2.24) is 9.88 Å². The lowest BCUT2D eigenvalue weighted by Crippen LogP contribution is -2.31. The molecular weight excluding hydrogens is 178 g/mol. The monoisotopic (exact) mass is 195 g/mol. The van der Waals surface area contributed by atoms with E-state index < -0.39 is 0 Å². The average Bonchev–Trinajstić information content (AvgIpc) is 2.20. The highest BCUT2D eigenvalue weighted by molar-refractivity contribution is 5.03. The maximum absolute atomic E-state index is 8.84. The molecule has 0 aliphatic rings. The first-order chi connectivity index (χ1) is 6.86. The zero-order valence-corrected chi connectivity index (χ0v) is 8.26. The lowest BCUT2D eigenvalue weighted by molar-refractivity contribution is 0.192. The number of hydrogen-bond acceptors (Lipinski definition) is 4. The maximum Gasteiger partial charge on any atom is 0.0558 e. The van der Waals surface area contributed by atoms with Crippen LogP contribution in [0, 0.1) is 0 Å². The average molecular weight is 195 g/mol. The molecule has 1 rings (SSSR count). The molecule has 0 aromatic carbocycles. The predicted molar refractivity (Wildman–Crippen MR) is 55.7 cm³/mol. The molecule has 0 saturated heterocycles. The van der Waals surface area contributed by atoms with Crippen LogP contribution in [0.2, 0.25) is 0 Å². The molecule has 0 amide bonds. The highest BCUT2D eigenvalue weighted by Crippen LogP contribution is 1.99. The van der Waals surface area contributed by atoms with E-state index in [1.807, 2.05) is 18.2 Å². The molecule has 14 heavy (non-hydrogen) atoms. The maximum atomic E-state index is 8.84. The number of rotatable bonds is 6. The van der Waals surface area contributed by atoms with Crippen molar-refractivity contribution < 1.29 is 5.11 Å². The highest BCUT2D eigenvalue weighted by Gasteiger charge is 2.04. The number of aliphatic hydroxyl groups is 1. The number of nitrogens with two attached hydrogens (primary N) is 1. The molecule has 3 N–H and O–H groups in total. The van der Waals surface area contributed by atoms with Crippen LogP contribution in [-0.4, -0.2) is 41.2 Å². The van der Waals surface area contributed by atoms with Gasteiger partial charge in [-0.1, -0.05) is 6.07 Å². The van der Waals surface area contributed by atoms with Gasteiger partial charge in [0.2, 0.25) is 0 Å². The third kappa shape index (κ3) is 3.83. The van der Waals surface area contributed by atoms with Crippen molar-refractivity contribution >= 4 is 0 Å². The summed E-state index contributed by atoms with van der Waals surface area (Å²) in [5.74, 6) is 0. The summed E-state index contributed by atoms with van der Waals surface area (Å²) >= 11 is 0. The minimum atomic E-state index is 0.160. The second kappa shape index (κ2) is 6.48. The fourth-order valence-electron chi connectivity index (χ4n) is 1.31. The van der Waals surface area contributed by atoms with Gasteiger partial charge in [0.1, 0.15) is 0 Å². The van der Waals surface area contributed by atoms with Gasteiger partial charge in [-0.25, -0.2) is 0 Å². The van der Waals surface area contributed by atoms with Crippen molar-refractivity contribution in [1.29, 1.82) is 0 Å². The molecular formula is C10H17N3O. The van der Waals surface area contributed by atoms with Crippen molar-refractivity contribution in [3.8, 4) is 0 Å². The molecule has 0 fully saturated rings. The van der Waals surface area contributed by atoms with E-state index in [0.717, 1.165) is 18.8 Å². The quantitative estimate of drug-likeness (QED) is 0.662. The van der Waals surface area contributed by atoms with Crippen molar-refractivity contribution in [2.24, 2.45) is 5.73 Å². The Hall–Kier alpha value is -0.970. The molecule has 1 aromatic rings. The first-order valence-corrected chi connectivity index (χ1v) is 4.80. The largest absolute Gasteiger partial charge is 0.395 e. The molecule has 0 unspecified atom stereocenters. The molecule has 1 aromatic heterocycles. The molecule has 0 bridgehead atoms. The summed E-state index contributed by atoms with van der Waals surface area (Å²) in [6.45, 7) is 2.95. The Morgan fingerprint density at radius 2 is 2.21 bits per heavy atom. The number of pyridine rings is 1. The van der Waals surface area contributed by atoms with Gasteiger partial charge in [-0.2, -0.15) is 0 Å². The van der Waals surface area contributed by atoms with Crippen LogP contribution in [0.25, 0.3) is 0 Å². The van der Waals surface area contributed by atoms with E-state index in [-0.39, 0.29) is 6.61 Å². The van der Waals surface area contributed by atoms with Crippen LogP contribution < -0.4 is 5.73 Å². The van der Waals surface area contributed by atoms with Gasteiger partial charge in [0, 0.05) is 32.4 Å². The van der Waals surface area contributed by atoms with E-state index >= 15 is 0 Å². The Kier molecular flexibility index (Phi) is 5.14. The molecule has 0 radical (unpaired) electrons. The molecule has 0 aliphatic carbocycles. The molecule has 1 heterocycles. The van der Waals surface area contributed by atoms with Gasteiger partial charge >= 0.3 is 0 Å². The SMILES string of the molecule is NCCN(CCO)Cc1ccccn1. The molecule has 0 spiro atoms. The van der Waals surface area contributed by atoms with Crippen LogP contribution in [0.1, 0.15) is 5.69 Å². The molecule has 0 aliphatic heterocycles. The van der Waals surface area contributed by atoms with Gasteiger partial charge < -0.3 is 10.8 Å². The Morgan fingerprint density at radius 1 is 1.36 bits per heavy atom. The third-order valence-corrected chi connectivity index (χ3v) is 1.97. The summed E-state index contributed by atoms with van der Waals surface area (Å²) in [6.07, 6.45) is 1.77. The topological polar surface area (TPSA) is 62.4 Å². The van der Waals surface area contributed by atoms with Gasteiger partial charge in [0.25, 0.3) is 0 Å². The summed E-state index contributed by atoms with van der Waals surface area (Å²) in [4.78, 5) is 6.30. The van der Waals surface area contributed by atoms with E-state index in [4.69, 9.17) is 10.8 Å². The standard InChI is InChI=1S/C10H17N3O/c11-4-6-13(7-8-14)9-10-3-1-2-5-12-10/h1-3,5,14H,4,6-9,11H2. The molecule has 4 nitrogen and oxygen atoms in total. The Balaban J connectivity index is 2.46. The second-order valence-corrected chi connectivity index (χ2v) is 3.11. The van der Waals surface area contributed by atoms with Crippen molar-refractivity contribution in [2.45, 2.75) is 6.54 Å². The van der Waals surface area contributed by atoms with Gasteiger partial charge in [-0.3, -0.25) is 9.88 Å². The second-order valence-electron chi connectivity index (χ2n) is 3.11. The first kappa shape index (κ1) is 11.1. The van der Waals surface area contributed by atoms with Crippen LogP contribution in [0.4, 0.5) is 0 Å². The lowest BCUT2D eigenvalue weighted by Gasteiger charge is -2.19. The molecule has 4 heteroatoms. The summed E-state index contributed by atoms with van der Waals surface area (Å²) in [7, 11) is 0. The Bertz CT molecular complexity index is 234. The third-order valence-electron chi connectivity index (χ3n) is 1.97. The van der Waals surface area contributed by atoms with E-state index in [1.54, 1.807) is 6.20 Å². The zero-order chi connectivity index (χ0) is 10.2. The first-order valence-electron chi connectivity index (χ1n) is 4.80. The lowest BCUT2D eigenvalue weighted by atomic mass is 10.3. The normalized spacial score (nSPS) is 10.8. The van der Waals surface area contributed by atoms with Crippen LogP contribution in [-0.2, 0) is 6.54 Å². The van der Waals surface area contributed by atoms with Gasteiger partial charge in [0.05, 0.1) is 12.3 Å². The highest BCUT2D eigenvalue weighted by atomic mass is 16.3. The Morgan fingerprint density at radius 3 is 2.79 bits per heavy atom. The minimum absolute atomic E-state index is 0.160. The number of nitrogens with zero attached hydrogens (tertiary/aromatic N) is 2. The summed E-state index contributed by atoms with van der Waals surface area (Å²) in [5.41, 5.74) is 6.48. The zero-order valence-electron chi connectivity index (χ0n) is 8.26. The van der Waals surface area contributed by atoms with Gasteiger partial charge in [-0.05, 0) is 12.1 Å². The molecule has 78 valence electrons. The smallest absolute Gasteiger partial charge is 0.0558 e. The van der Waals surface area contributed by atoms with E-state index in [0.29, 0.717) is 13.1 Å². The number of aromatic nitrogens is 1. The van der Waals surface area contributed by atoms with Crippen molar-refractivity contribution in [3.63, 3.8) is 0 Å². The van der Waals surface area contributed by atoms with Gasteiger partial charge in [0.15, 0.2) is 0 Å². The predicted octanol–water partition coefficient (Wildman–Crippen LogP) is -0.165. The van der Waals surface area contributed by atoms with E-state index in [9.17, 15) is 0 Å². The number of aliphatic hydroxyl groups excluding tert-OH is 1. The van der Waals surface area contributed by atoms with Crippen LogP contribution in [0.3, 0.4) is 0 Å². The van der Waals surface area contributed by atoms with Crippen LogP contribution in [0.15, 0.2) is 24.4 Å². The Labute approximate surface area is 84.4 Å². The van der Waals surface area contributed by atoms with Gasteiger partial charge in [-0.15, -0.1) is 0 Å². The van der Waals surface area contributed by atoms with E-state index in [1.165, 1.54) is 0 Å². The molecule has 0 saturated carbocycles. The van der Waals surface area contributed by atoms with Crippen molar-refractivity contribution in [2.75, 3.05) is 26.2 Å². The summed E-state index contributed by atoms with van der Waals surface area (Å²) in [6, 6.07) is 5.83. The van der Waals surface area contributed by atoms with Crippen LogP contribution in [0.5, 0.6) is 0 Å². The van der Waals surface area contributed by atoms with Crippen molar-refractivity contribution in [3.05, 3.63) is 30.1 Å². The molecule has 0 atom stereocenters. The fraction of sp³-hybridized carbons (Fsp3) is 0.500. The number of hydrogen-bond donors (Lipinski definition) is 2. The summed E-state index contributed by atoms with van der Waals surface area (Å²) < 4.78 is 0. The fourth-order valence-corrected chi connectivity index (χ4v) is 1.31. The van der Waals surface area contributed by atoms with Crippen LogP contribution >= 0.6 is 0 Å². The van der Waals surface area contributed by atoms with E-state index in [2.05, 4.69) is 9.88 Å². The summed E-state index contributed by atoms with van der Waals surface area (Å²) in [5, 5.41) is 8.84.